The minimum absolute atomic E-state index is 0.209. The summed E-state index contributed by atoms with van der Waals surface area (Å²) in [4.78, 5) is 3.79. The van der Waals surface area contributed by atoms with Gasteiger partial charge in [0.2, 0.25) is 0 Å². The van der Waals surface area contributed by atoms with E-state index in [0.29, 0.717) is 6.61 Å². The number of aromatic nitrogens is 1. The van der Waals surface area contributed by atoms with Gasteiger partial charge in [0.25, 0.3) is 0 Å². The molecule has 78 valence electrons. The average molecular weight is 198 g/mol. The lowest BCUT2D eigenvalue weighted by Crippen LogP contribution is -2.30. The molecule has 4 heteroatoms. The molecule has 1 atom stereocenters. The zero-order valence-electron chi connectivity index (χ0n) is 8.46. The molecule has 1 N–H and O–H groups in total. The van der Waals surface area contributed by atoms with Crippen molar-refractivity contribution in [3.05, 3.63) is 24.3 Å². The summed E-state index contributed by atoms with van der Waals surface area (Å²) in [7, 11) is 1.86. The van der Waals surface area contributed by atoms with E-state index in [0.717, 1.165) is 6.42 Å². The van der Waals surface area contributed by atoms with Gasteiger partial charge in [-0.1, -0.05) is 6.92 Å². The van der Waals surface area contributed by atoms with E-state index in [1.54, 1.807) is 0 Å². The Morgan fingerprint density at radius 3 is 3.00 bits per heavy atom. The van der Waals surface area contributed by atoms with E-state index >= 15 is 0 Å². The van der Waals surface area contributed by atoms with E-state index in [-0.39, 0.29) is 17.6 Å². The van der Waals surface area contributed by atoms with Crippen LogP contribution in [0.15, 0.2) is 18.5 Å². The summed E-state index contributed by atoms with van der Waals surface area (Å²) in [5.74, 6) is -0.160. The van der Waals surface area contributed by atoms with Crippen LogP contribution in [0.2, 0.25) is 0 Å². The van der Waals surface area contributed by atoms with Gasteiger partial charge in [0, 0.05) is 12.2 Å². The second-order valence-electron chi connectivity index (χ2n) is 3.01. The van der Waals surface area contributed by atoms with Crippen molar-refractivity contribution in [1.82, 2.24) is 10.3 Å². The van der Waals surface area contributed by atoms with Gasteiger partial charge in [-0.25, -0.2) is 4.39 Å². The molecule has 0 fully saturated rings. The average Bonchev–Trinajstić information content (AvgIpc) is 2.22. The zero-order valence-corrected chi connectivity index (χ0v) is 8.46. The highest BCUT2D eigenvalue weighted by Gasteiger charge is 2.06. The monoisotopic (exact) mass is 198 g/mol. The van der Waals surface area contributed by atoms with Gasteiger partial charge in [-0.2, -0.15) is 0 Å². The predicted molar refractivity (Wildman–Crippen MR) is 52.8 cm³/mol. The molecular formula is C10H15FN2O. The molecule has 3 nitrogen and oxygen atoms in total. The molecule has 0 aliphatic heterocycles. The Hall–Kier alpha value is -1.16. The molecular weight excluding hydrogens is 183 g/mol. The minimum atomic E-state index is -0.369. The second-order valence-corrected chi connectivity index (χ2v) is 3.01. The Morgan fingerprint density at radius 2 is 2.43 bits per heavy atom. The maximum Gasteiger partial charge on any atom is 0.173 e. The second kappa shape index (κ2) is 5.54. The van der Waals surface area contributed by atoms with Crippen LogP contribution >= 0.6 is 0 Å². The van der Waals surface area contributed by atoms with Gasteiger partial charge < -0.3 is 10.1 Å². The molecule has 0 aliphatic rings. The Labute approximate surface area is 83.3 Å². The van der Waals surface area contributed by atoms with E-state index in [1.165, 1.54) is 18.5 Å². The fourth-order valence-corrected chi connectivity index (χ4v) is 1.06. The third-order valence-corrected chi connectivity index (χ3v) is 2.08. The van der Waals surface area contributed by atoms with Gasteiger partial charge in [0.15, 0.2) is 11.6 Å². The molecule has 0 saturated heterocycles. The van der Waals surface area contributed by atoms with Gasteiger partial charge >= 0.3 is 0 Å². The van der Waals surface area contributed by atoms with Crippen LogP contribution in [0.25, 0.3) is 0 Å². The predicted octanol–water partition coefficient (Wildman–Crippen LogP) is 1.60. The highest BCUT2D eigenvalue weighted by Crippen LogP contribution is 2.13. The van der Waals surface area contributed by atoms with Crippen molar-refractivity contribution in [3.8, 4) is 5.75 Å². The fraction of sp³-hybridized carbons (Fsp3) is 0.500. The van der Waals surface area contributed by atoms with Crippen molar-refractivity contribution < 1.29 is 9.13 Å². The van der Waals surface area contributed by atoms with E-state index in [9.17, 15) is 4.39 Å². The maximum absolute atomic E-state index is 13.1. The lowest BCUT2D eigenvalue weighted by molar-refractivity contribution is 0.255. The molecule has 0 bridgehead atoms. The van der Waals surface area contributed by atoms with Gasteiger partial charge in [-0.05, 0) is 19.5 Å². The number of rotatable bonds is 5. The molecule has 0 aromatic carbocycles. The molecule has 0 spiro atoms. The van der Waals surface area contributed by atoms with Crippen LogP contribution in [0.4, 0.5) is 4.39 Å². The first-order valence-corrected chi connectivity index (χ1v) is 4.67. The lowest BCUT2D eigenvalue weighted by atomic mass is 10.2. The summed E-state index contributed by atoms with van der Waals surface area (Å²) in [6, 6.07) is 1.53. The van der Waals surface area contributed by atoms with Crippen molar-refractivity contribution in [2.45, 2.75) is 19.4 Å². The third kappa shape index (κ3) is 2.96. The molecule has 1 aromatic rings. The fourth-order valence-electron chi connectivity index (χ4n) is 1.06. The highest BCUT2D eigenvalue weighted by atomic mass is 19.1. The molecule has 0 aliphatic carbocycles. The molecule has 0 radical (unpaired) electrons. The summed E-state index contributed by atoms with van der Waals surface area (Å²) in [5, 5.41) is 3.07. The summed E-state index contributed by atoms with van der Waals surface area (Å²) < 4.78 is 18.3. The first-order chi connectivity index (χ1) is 6.77. The van der Waals surface area contributed by atoms with E-state index in [4.69, 9.17) is 4.74 Å². The molecule has 1 heterocycles. The number of nitrogens with zero attached hydrogens (tertiary/aromatic N) is 1. The quantitative estimate of drug-likeness (QED) is 0.780. The molecule has 0 saturated carbocycles. The van der Waals surface area contributed by atoms with E-state index < -0.39 is 0 Å². The number of hydrogen-bond acceptors (Lipinski definition) is 3. The molecule has 0 amide bonds. The van der Waals surface area contributed by atoms with Crippen molar-refractivity contribution in [2.24, 2.45) is 0 Å². The Balaban J connectivity index is 2.49. The Kier molecular flexibility index (Phi) is 4.32. The van der Waals surface area contributed by atoms with Crippen LogP contribution in [-0.2, 0) is 0 Å². The van der Waals surface area contributed by atoms with Crippen molar-refractivity contribution >= 4 is 0 Å². The summed E-state index contributed by atoms with van der Waals surface area (Å²) in [6.45, 7) is 2.50. The number of hydrogen-bond donors (Lipinski definition) is 1. The van der Waals surface area contributed by atoms with Gasteiger partial charge in [0.05, 0.1) is 6.20 Å². The standard InChI is InChI=1S/C10H15FN2O/c1-3-8(12-2)7-14-10-6-13-5-4-9(10)11/h4-6,8,12H,3,7H2,1-2H3/t8-/m0/s1. The number of pyridine rings is 1. The summed E-state index contributed by atoms with van der Waals surface area (Å²) in [6.07, 6.45) is 3.73. The Morgan fingerprint density at radius 1 is 1.64 bits per heavy atom. The molecule has 1 rings (SSSR count). The third-order valence-electron chi connectivity index (χ3n) is 2.08. The Bertz CT molecular complexity index is 277. The molecule has 0 unspecified atom stereocenters. The van der Waals surface area contributed by atoms with Gasteiger partial charge in [-0.15, -0.1) is 0 Å². The van der Waals surface area contributed by atoms with E-state index in [2.05, 4.69) is 10.3 Å². The number of halogens is 1. The SMILES string of the molecule is CC[C@@H](COc1cnccc1F)NC. The van der Waals surface area contributed by atoms with E-state index in [1.807, 2.05) is 14.0 Å². The first kappa shape index (κ1) is 10.9. The van der Waals surface area contributed by atoms with Gasteiger partial charge in [-0.3, -0.25) is 4.98 Å². The van der Waals surface area contributed by atoms with Crippen molar-refractivity contribution in [1.29, 1.82) is 0 Å². The van der Waals surface area contributed by atoms with Crippen LogP contribution < -0.4 is 10.1 Å². The van der Waals surface area contributed by atoms with Gasteiger partial charge in [0.1, 0.15) is 6.61 Å². The lowest BCUT2D eigenvalue weighted by Gasteiger charge is -2.14. The molecule has 1 aromatic heterocycles. The van der Waals surface area contributed by atoms with Crippen LogP contribution in [0, 0.1) is 5.82 Å². The van der Waals surface area contributed by atoms with Crippen LogP contribution in [0.1, 0.15) is 13.3 Å². The summed E-state index contributed by atoms with van der Waals surface area (Å²) in [5.41, 5.74) is 0. The minimum Gasteiger partial charge on any atom is -0.487 e. The van der Waals surface area contributed by atoms with Crippen LogP contribution in [0.3, 0.4) is 0 Å². The largest absolute Gasteiger partial charge is 0.487 e. The van der Waals surface area contributed by atoms with Crippen molar-refractivity contribution in [3.63, 3.8) is 0 Å². The number of ether oxygens (including phenoxy) is 1. The van der Waals surface area contributed by atoms with Crippen LogP contribution in [-0.4, -0.2) is 24.7 Å². The first-order valence-electron chi connectivity index (χ1n) is 4.67. The molecule has 14 heavy (non-hydrogen) atoms. The van der Waals surface area contributed by atoms with Crippen molar-refractivity contribution in [2.75, 3.05) is 13.7 Å². The number of likely N-dealkylation sites (N-methyl/N-ethyl adjacent to an activating group) is 1. The maximum atomic E-state index is 13.1. The zero-order chi connectivity index (χ0) is 10.4. The highest BCUT2D eigenvalue weighted by molar-refractivity contribution is 5.18. The van der Waals surface area contributed by atoms with Crippen LogP contribution in [0.5, 0.6) is 5.75 Å². The number of nitrogens with one attached hydrogen (secondary N) is 1. The smallest absolute Gasteiger partial charge is 0.173 e. The topological polar surface area (TPSA) is 34.1 Å². The normalized spacial score (nSPS) is 12.5. The summed E-state index contributed by atoms with van der Waals surface area (Å²) >= 11 is 0.